The molecule has 4 heteroatoms. The zero-order valence-electron chi connectivity index (χ0n) is 14.7. The molecule has 24 heavy (non-hydrogen) atoms. The molecule has 0 atom stereocenters. The number of hydrogen-bond acceptors (Lipinski definition) is 2. The van der Waals surface area contributed by atoms with Gasteiger partial charge in [0.2, 0.25) is 6.41 Å². The second-order valence-electron chi connectivity index (χ2n) is 6.58. The number of hydrogen-bond donors (Lipinski definition) is 2. The largest absolute Gasteiger partial charge is 0.381 e. The predicted octanol–water partition coefficient (Wildman–Crippen LogP) is 4.42. The Kier molecular flexibility index (Phi) is 7.83. The number of carbonyl (C=O) groups is 1. The van der Waals surface area contributed by atoms with E-state index in [1.165, 1.54) is 61.4 Å². The fourth-order valence-electron chi connectivity index (χ4n) is 3.52. The summed E-state index contributed by atoms with van der Waals surface area (Å²) >= 11 is 0. The van der Waals surface area contributed by atoms with Crippen LogP contribution in [0, 0.1) is 6.92 Å². The highest BCUT2D eigenvalue weighted by molar-refractivity contribution is 5.84. The molecule has 2 heterocycles. The number of fused-ring (bicyclic) bond motifs is 1. The Morgan fingerprint density at radius 3 is 2.38 bits per heavy atom. The molecule has 2 aromatic rings. The number of benzene rings is 1. The second kappa shape index (κ2) is 10.1. The highest BCUT2D eigenvalue weighted by atomic mass is 16.5. The summed E-state index contributed by atoms with van der Waals surface area (Å²) in [7, 11) is 0. The Bertz CT molecular complexity index is 604. The molecule has 1 aliphatic heterocycles. The molecule has 1 saturated heterocycles. The molecule has 4 nitrogen and oxygen atoms in total. The third-order valence-corrected chi connectivity index (χ3v) is 4.74. The van der Waals surface area contributed by atoms with Gasteiger partial charge in [0.25, 0.3) is 0 Å². The maximum atomic E-state index is 8.58. The van der Waals surface area contributed by atoms with Crippen molar-refractivity contribution < 1.29 is 9.53 Å². The minimum atomic E-state index is 0.250. The van der Waals surface area contributed by atoms with Crippen molar-refractivity contribution in [3.63, 3.8) is 0 Å². The minimum absolute atomic E-state index is 0.250. The van der Waals surface area contributed by atoms with Crippen molar-refractivity contribution >= 4 is 17.3 Å². The quantitative estimate of drug-likeness (QED) is 0.760. The molecule has 2 aliphatic rings. The number of carbonyl (C=O) groups excluding carboxylic acids is 1. The van der Waals surface area contributed by atoms with Crippen LogP contribution in [0.2, 0.25) is 0 Å². The van der Waals surface area contributed by atoms with E-state index in [4.69, 9.17) is 9.53 Å². The average Bonchev–Trinajstić information content (AvgIpc) is 3.29. The second-order valence-corrected chi connectivity index (χ2v) is 6.58. The Morgan fingerprint density at radius 1 is 1.12 bits per heavy atom. The van der Waals surface area contributed by atoms with Gasteiger partial charge in [0.15, 0.2) is 0 Å². The van der Waals surface area contributed by atoms with Crippen molar-refractivity contribution in [2.24, 2.45) is 5.73 Å². The summed E-state index contributed by atoms with van der Waals surface area (Å²) in [4.78, 5) is 12.0. The Hall–Kier alpha value is -1.81. The Labute approximate surface area is 144 Å². The SMILES string of the molecule is C1CCOC1.Cc1ccc2[nH]cc(C3CCCCC3)c2c1.NC=O. The van der Waals surface area contributed by atoms with Gasteiger partial charge in [0.05, 0.1) is 0 Å². The van der Waals surface area contributed by atoms with Crippen LogP contribution in [0.5, 0.6) is 0 Å². The maximum Gasteiger partial charge on any atom is 0.204 e. The molecule has 0 bridgehead atoms. The topological polar surface area (TPSA) is 68.1 Å². The van der Waals surface area contributed by atoms with Crippen LogP contribution in [0.25, 0.3) is 10.9 Å². The van der Waals surface area contributed by atoms with Gasteiger partial charge in [-0.05, 0) is 56.2 Å². The monoisotopic (exact) mass is 330 g/mol. The van der Waals surface area contributed by atoms with Gasteiger partial charge >= 0.3 is 0 Å². The number of ether oxygens (including phenoxy) is 1. The lowest BCUT2D eigenvalue weighted by Gasteiger charge is -2.21. The molecule has 3 N–H and O–H groups in total. The number of nitrogens with two attached hydrogens (primary N) is 1. The molecule has 1 aliphatic carbocycles. The normalized spacial score (nSPS) is 17.5. The summed E-state index contributed by atoms with van der Waals surface area (Å²) in [6.45, 7) is 4.18. The van der Waals surface area contributed by atoms with Crippen LogP contribution in [-0.2, 0) is 9.53 Å². The third-order valence-electron chi connectivity index (χ3n) is 4.74. The first-order valence-corrected chi connectivity index (χ1v) is 9.07. The number of nitrogens with one attached hydrogen (secondary N) is 1. The molecule has 0 radical (unpaired) electrons. The lowest BCUT2D eigenvalue weighted by molar-refractivity contribution is -0.106. The summed E-state index contributed by atoms with van der Waals surface area (Å²) in [5.74, 6) is 0.796. The van der Waals surface area contributed by atoms with Crippen LogP contribution in [0.1, 0.15) is 62.0 Å². The summed E-state index contributed by atoms with van der Waals surface area (Å²) in [5.41, 5.74) is 8.38. The van der Waals surface area contributed by atoms with Crippen molar-refractivity contribution in [2.75, 3.05) is 13.2 Å². The van der Waals surface area contributed by atoms with Crippen LogP contribution in [0.15, 0.2) is 24.4 Å². The van der Waals surface area contributed by atoms with Crippen LogP contribution < -0.4 is 5.73 Å². The predicted molar refractivity (Wildman–Crippen MR) is 99.2 cm³/mol. The van der Waals surface area contributed by atoms with Crippen LogP contribution in [0.3, 0.4) is 0 Å². The number of aryl methyl sites for hydroxylation is 1. The number of aromatic nitrogens is 1. The Morgan fingerprint density at radius 2 is 1.79 bits per heavy atom. The molecule has 132 valence electrons. The van der Waals surface area contributed by atoms with E-state index in [1.807, 2.05) is 0 Å². The van der Waals surface area contributed by atoms with E-state index in [9.17, 15) is 0 Å². The summed E-state index contributed by atoms with van der Waals surface area (Å²) < 4.78 is 4.94. The molecular weight excluding hydrogens is 300 g/mol. The highest BCUT2D eigenvalue weighted by Crippen LogP contribution is 2.36. The average molecular weight is 330 g/mol. The zero-order valence-corrected chi connectivity index (χ0v) is 14.7. The fourth-order valence-corrected chi connectivity index (χ4v) is 3.52. The first kappa shape index (κ1) is 18.5. The molecule has 0 spiro atoms. The lowest BCUT2D eigenvalue weighted by atomic mass is 9.84. The molecule has 0 unspecified atom stereocenters. The van der Waals surface area contributed by atoms with E-state index in [1.54, 1.807) is 5.56 Å². The maximum absolute atomic E-state index is 8.58. The van der Waals surface area contributed by atoms with E-state index in [0.29, 0.717) is 0 Å². The molecule has 1 aromatic carbocycles. The highest BCUT2D eigenvalue weighted by Gasteiger charge is 2.18. The Balaban J connectivity index is 0.000000217. The van der Waals surface area contributed by atoms with Gasteiger partial charge in [-0.1, -0.05) is 30.9 Å². The van der Waals surface area contributed by atoms with Crippen molar-refractivity contribution in [1.82, 2.24) is 4.98 Å². The standard InChI is InChI=1S/C15H19N.C4H8O.CH3NO/c1-11-7-8-15-13(9-11)14(10-16-15)12-5-3-2-4-6-12;1-2-4-5-3-1;2-1-3/h7-10,12,16H,2-6H2,1H3;1-4H2;1H,(H2,2,3). The number of aromatic amines is 1. The minimum Gasteiger partial charge on any atom is -0.381 e. The van der Waals surface area contributed by atoms with Gasteiger partial charge in [-0.15, -0.1) is 0 Å². The van der Waals surface area contributed by atoms with E-state index in [-0.39, 0.29) is 6.41 Å². The fraction of sp³-hybridized carbons (Fsp3) is 0.550. The van der Waals surface area contributed by atoms with Gasteiger partial charge in [-0.3, -0.25) is 4.79 Å². The summed E-state index contributed by atoms with van der Waals surface area (Å²) in [6, 6.07) is 6.72. The zero-order chi connectivity index (χ0) is 17.2. The van der Waals surface area contributed by atoms with E-state index in [2.05, 4.69) is 42.0 Å². The van der Waals surface area contributed by atoms with Gasteiger partial charge in [-0.25, -0.2) is 0 Å². The van der Waals surface area contributed by atoms with E-state index in [0.717, 1.165) is 19.1 Å². The van der Waals surface area contributed by atoms with Crippen molar-refractivity contribution in [3.05, 3.63) is 35.5 Å². The number of H-pyrrole nitrogens is 1. The molecule has 1 saturated carbocycles. The summed E-state index contributed by atoms with van der Waals surface area (Å²) in [5, 5.41) is 1.45. The molecular formula is C20H30N2O2. The summed E-state index contributed by atoms with van der Waals surface area (Å²) in [6.07, 6.45) is 12.0. The first-order chi connectivity index (χ1) is 11.8. The lowest BCUT2D eigenvalue weighted by Crippen LogP contribution is -2.03. The molecule has 4 rings (SSSR count). The van der Waals surface area contributed by atoms with Gasteiger partial charge in [-0.2, -0.15) is 0 Å². The van der Waals surface area contributed by atoms with Gasteiger partial charge in [0, 0.05) is 30.3 Å². The van der Waals surface area contributed by atoms with Crippen molar-refractivity contribution in [3.8, 4) is 0 Å². The number of amides is 1. The molecule has 1 amide bonds. The molecule has 1 aromatic heterocycles. The van der Waals surface area contributed by atoms with Crippen molar-refractivity contribution in [2.45, 2.75) is 57.8 Å². The third kappa shape index (κ3) is 5.38. The molecule has 2 fully saturated rings. The van der Waals surface area contributed by atoms with Crippen LogP contribution in [-0.4, -0.2) is 24.6 Å². The van der Waals surface area contributed by atoms with Crippen LogP contribution in [0.4, 0.5) is 0 Å². The number of rotatable bonds is 1. The number of primary amides is 1. The van der Waals surface area contributed by atoms with Gasteiger partial charge in [0.1, 0.15) is 0 Å². The van der Waals surface area contributed by atoms with E-state index >= 15 is 0 Å². The first-order valence-electron chi connectivity index (χ1n) is 9.07. The van der Waals surface area contributed by atoms with E-state index < -0.39 is 0 Å². The van der Waals surface area contributed by atoms with Crippen molar-refractivity contribution in [1.29, 1.82) is 0 Å². The smallest absolute Gasteiger partial charge is 0.204 e. The van der Waals surface area contributed by atoms with Crippen LogP contribution >= 0.6 is 0 Å². The van der Waals surface area contributed by atoms with Gasteiger partial charge < -0.3 is 15.5 Å².